The van der Waals surface area contributed by atoms with E-state index in [0.717, 1.165) is 13.0 Å². The van der Waals surface area contributed by atoms with E-state index in [1.165, 1.54) is 5.69 Å². The van der Waals surface area contributed by atoms with Gasteiger partial charge in [-0.15, -0.1) is 0 Å². The van der Waals surface area contributed by atoms with Crippen LogP contribution in [0.2, 0.25) is 0 Å². The Morgan fingerprint density at radius 1 is 1.67 bits per heavy atom. The van der Waals surface area contributed by atoms with Crippen LogP contribution in [0, 0.1) is 5.92 Å². The Labute approximate surface area is 88.3 Å². The molecule has 5 heteroatoms. The van der Waals surface area contributed by atoms with Crippen LogP contribution in [0.15, 0.2) is 12.3 Å². The summed E-state index contributed by atoms with van der Waals surface area (Å²) in [5.74, 6) is -0.830. The van der Waals surface area contributed by atoms with Gasteiger partial charge in [0.15, 0.2) is 0 Å². The molecule has 1 N–H and O–H groups in total. The van der Waals surface area contributed by atoms with Gasteiger partial charge in [-0.05, 0) is 6.07 Å². The van der Waals surface area contributed by atoms with Crippen LogP contribution in [0.25, 0.3) is 0 Å². The molecule has 5 nitrogen and oxygen atoms in total. The summed E-state index contributed by atoms with van der Waals surface area (Å²) in [6.45, 7) is 2.30. The number of aromatic nitrogens is 2. The Morgan fingerprint density at radius 3 is 2.93 bits per heavy atom. The minimum absolute atomic E-state index is 0.156. The Morgan fingerprint density at radius 2 is 2.40 bits per heavy atom. The molecule has 0 aliphatic carbocycles. The number of nitrogens with zero attached hydrogens (tertiary/aromatic N) is 3. The van der Waals surface area contributed by atoms with Gasteiger partial charge in [-0.3, -0.25) is 9.48 Å². The second kappa shape index (κ2) is 4.02. The maximum Gasteiger partial charge on any atom is 0.309 e. The van der Waals surface area contributed by atoms with Crippen molar-refractivity contribution < 1.29 is 9.90 Å². The van der Waals surface area contributed by atoms with Gasteiger partial charge in [0.2, 0.25) is 0 Å². The molecule has 0 spiro atoms. The number of carboxylic acids is 1. The van der Waals surface area contributed by atoms with Crippen LogP contribution in [0.3, 0.4) is 0 Å². The zero-order valence-corrected chi connectivity index (χ0v) is 8.76. The number of aliphatic carboxylic acids is 1. The van der Waals surface area contributed by atoms with Crippen LogP contribution in [0.4, 0.5) is 0 Å². The van der Waals surface area contributed by atoms with E-state index in [1.807, 2.05) is 17.8 Å². The third-order valence-electron chi connectivity index (χ3n) is 2.91. The van der Waals surface area contributed by atoms with Crippen LogP contribution in [0.1, 0.15) is 5.69 Å². The fraction of sp³-hybridized carbons (Fsp3) is 0.600. The largest absolute Gasteiger partial charge is 0.481 e. The third kappa shape index (κ3) is 2.18. The molecular formula is C10H15N3O2. The highest BCUT2D eigenvalue weighted by Crippen LogP contribution is 2.15. The van der Waals surface area contributed by atoms with Crippen LogP contribution in [-0.4, -0.2) is 45.4 Å². The lowest BCUT2D eigenvalue weighted by molar-refractivity contribution is -0.147. The Hall–Kier alpha value is -1.36. The van der Waals surface area contributed by atoms with E-state index in [-0.39, 0.29) is 5.92 Å². The molecule has 2 heterocycles. The molecule has 0 unspecified atom stereocenters. The summed E-state index contributed by atoms with van der Waals surface area (Å²) in [5, 5.41) is 12.8. The van der Waals surface area contributed by atoms with Gasteiger partial charge in [-0.2, -0.15) is 5.10 Å². The molecule has 1 aromatic rings. The third-order valence-corrected chi connectivity index (χ3v) is 2.91. The second-order valence-corrected chi connectivity index (χ2v) is 3.99. The summed E-state index contributed by atoms with van der Waals surface area (Å²) in [6, 6.07) is 1.99. The molecule has 0 atom stereocenters. The first-order chi connectivity index (χ1) is 7.16. The molecule has 2 rings (SSSR count). The van der Waals surface area contributed by atoms with E-state index in [4.69, 9.17) is 5.11 Å². The SMILES string of the molecule is Cn1nccc1CCN1CC(C(=O)O)C1. The molecule has 82 valence electrons. The average Bonchev–Trinajstić information content (AvgIpc) is 2.48. The van der Waals surface area contributed by atoms with Gasteiger partial charge < -0.3 is 10.0 Å². The minimum Gasteiger partial charge on any atom is -0.481 e. The summed E-state index contributed by atoms with van der Waals surface area (Å²) < 4.78 is 1.86. The molecule has 0 radical (unpaired) electrons. The van der Waals surface area contributed by atoms with Crippen LogP contribution >= 0.6 is 0 Å². The van der Waals surface area contributed by atoms with Gasteiger partial charge in [-0.1, -0.05) is 0 Å². The topological polar surface area (TPSA) is 58.4 Å². The smallest absolute Gasteiger partial charge is 0.309 e. The van der Waals surface area contributed by atoms with Gasteiger partial charge >= 0.3 is 5.97 Å². The fourth-order valence-electron chi connectivity index (χ4n) is 1.83. The van der Waals surface area contributed by atoms with E-state index >= 15 is 0 Å². The molecule has 1 aliphatic heterocycles. The number of carbonyl (C=O) groups is 1. The van der Waals surface area contributed by atoms with Crippen molar-refractivity contribution in [3.63, 3.8) is 0 Å². The van der Waals surface area contributed by atoms with Gasteiger partial charge in [0.05, 0.1) is 5.92 Å². The highest BCUT2D eigenvalue weighted by molar-refractivity contribution is 5.71. The van der Waals surface area contributed by atoms with E-state index in [0.29, 0.717) is 13.1 Å². The maximum absolute atomic E-state index is 10.6. The fourth-order valence-corrected chi connectivity index (χ4v) is 1.83. The molecule has 15 heavy (non-hydrogen) atoms. The molecule has 0 bridgehead atoms. The standard InChI is InChI=1S/C10H15N3O2/c1-12-9(2-4-11-12)3-5-13-6-8(7-13)10(14)15/h2,4,8H,3,5-7H2,1H3,(H,14,15). The van der Waals surface area contributed by atoms with Crippen molar-refractivity contribution in [3.05, 3.63) is 18.0 Å². The van der Waals surface area contributed by atoms with Crippen LogP contribution < -0.4 is 0 Å². The summed E-state index contributed by atoms with van der Waals surface area (Å²) >= 11 is 0. The number of carboxylic acid groups (broad SMARTS) is 1. The lowest BCUT2D eigenvalue weighted by Gasteiger charge is -2.36. The summed E-state index contributed by atoms with van der Waals surface area (Å²) in [7, 11) is 1.92. The van der Waals surface area contributed by atoms with Crippen LogP contribution in [0.5, 0.6) is 0 Å². The predicted octanol–water partition coefficient (Wildman–Crippen LogP) is -0.0210. The Kier molecular flexibility index (Phi) is 2.73. The lowest BCUT2D eigenvalue weighted by atomic mass is 10.0. The summed E-state index contributed by atoms with van der Waals surface area (Å²) in [6.07, 6.45) is 2.72. The number of rotatable bonds is 4. The first kappa shape index (κ1) is 10.2. The highest BCUT2D eigenvalue weighted by atomic mass is 16.4. The van der Waals surface area contributed by atoms with E-state index in [9.17, 15) is 4.79 Å². The number of hydrogen-bond donors (Lipinski definition) is 1. The number of aryl methyl sites for hydroxylation is 1. The molecule has 0 amide bonds. The van der Waals surface area contributed by atoms with Crippen molar-refractivity contribution in [2.45, 2.75) is 6.42 Å². The van der Waals surface area contributed by atoms with Crippen molar-refractivity contribution in [1.29, 1.82) is 0 Å². The monoisotopic (exact) mass is 209 g/mol. The summed E-state index contributed by atoms with van der Waals surface area (Å²) in [4.78, 5) is 12.7. The normalized spacial score (nSPS) is 17.7. The van der Waals surface area contributed by atoms with Gasteiger partial charge in [0.25, 0.3) is 0 Å². The van der Waals surface area contributed by atoms with Crippen LogP contribution in [-0.2, 0) is 18.3 Å². The van der Waals surface area contributed by atoms with Crippen molar-refractivity contribution in [2.24, 2.45) is 13.0 Å². The number of likely N-dealkylation sites (tertiary alicyclic amines) is 1. The van der Waals surface area contributed by atoms with Gasteiger partial charge in [0.1, 0.15) is 0 Å². The molecule has 0 aromatic carbocycles. The van der Waals surface area contributed by atoms with E-state index in [1.54, 1.807) is 6.20 Å². The zero-order valence-electron chi connectivity index (χ0n) is 8.76. The van der Waals surface area contributed by atoms with E-state index in [2.05, 4.69) is 10.00 Å². The highest BCUT2D eigenvalue weighted by Gasteiger charge is 2.31. The lowest BCUT2D eigenvalue weighted by Crippen LogP contribution is -2.50. The number of hydrogen-bond acceptors (Lipinski definition) is 3. The van der Waals surface area contributed by atoms with E-state index < -0.39 is 5.97 Å². The molecular weight excluding hydrogens is 194 g/mol. The molecule has 0 saturated carbocycles. The van der Waals surface area contributed by atoms with Gasteiger partial charge in [0, 0.05) is 45.0 Å². The van der Waals surface area contributed by atoms with Crippen molar-refractivity contribution >= 4 is 5.97 Å². The predicted molar refractivity (Wildman–Crippen MR) is 54.5 cm³/mol. The molecule has 1 aliphatic rings. The minimum atomic E-state index is -0.674. The first-order valence-corrected chi connectivity index (χ1v) is 5.09. The molecule has 1 aromatic heterocycles. The average molecular weight is 209 g/mol. The first-order valence-electron chi connectivity index (χ1n) is 5.09. The maximum atomic E-state index is 10.6. The molecule has 1 saturated heterocycles. The Balaban J connectivity index is 1.73. The van der Waals surface area contributed by atoms with Crippen molar-refractivity contribution in [3.8, 4) is 0 Å². The van der Waals surface area contributed by atoms with Crippen molar-refractivity contribution in [2.75, 3.05) is 19.6 Å². The second-order valence-electron chi connectivity index (χ2n) is 3.99. The zero-order chi connectivity index (χ0) is 10.8. The van der Waals surface area contributed by atoms with Crippen molar-refractivity contribution in [1.82, 2.24) is 14.7 Å². The Bertz CT molecular complexity index is 355. The summed E-state index contributed by atoms with van der Waals surface area (Å²) in [5.41, 5.74) is 1.19. The quantitative estimate of drug-likeness (QED) is 0.757. The van der Waals surface area contributed by atoms with Gasteiger partial charge in [-0.25, -0.2) is 0 Å². The molecule has 1 fully saturated rings.